The van der Waals surface area contributed by atoms with E-state index < -0.39 is 0 Å². The van der Waals surface area contributed by atoms with Crippen molar-refractivity contribution in [1.29, 1.82) is 0 Å². The number of nitrogens with one attached hydrogen (secondary N) is 2. The molecule has 0 saturated heterocycles. The molecule has 3 aromatic rings. The van der Waals surface area contributed by atoms with Crippen LogP contribution < -0.4 is 5.32 Å². The highest BCUT2D eigenvalue weighted by Gasteiger charge is 2.14. The van der Waals surface area contributed by atoms with Gasteiger partial charge < -0.3 is 15.4 Å². The third kappa shape index (κ3) is 3.14. The van der Waals surface area contributed by atoms with Crippen molar-refractivity contribution in [2.75, 3.05) is 5.32 Å². The lowest BCUT2D eigenvalue weighted by Crippen LogP contribution is -2.00. The Hall–Kier alpha value is -3.41. The van der Waals surface area contributed by atoms with Gasteiger partial charge in [0.05, 0.1) is 0 Å². The van der Waals surface area contributed by atoms with E-state index >= 15 is 0 Å². The summed E-state index contributed by atoms with van der Waals surface area (Å²) in [6.07, 6.45) is 5.26. The minimum Gasteiger partial charge on any atom is -0.492 e. The maximum Gasteiger partial charge on any atom is 0.238 e. The molecule has 6 heteroatoms. The molecule has 2 aromatic heterocycles. The fourth-order valence-corrected chi connectivity index (χ4v) is 2.65. The lowest BCUT2D eigenvalue weighted by atomic mass is 10.1. The van der Waals surface area contributed by atoms with E-state index in [-0.39, 0.29) is 5.88 Å². The van der Waals surface area contributed by atoms with E-state index in [4.69, 9.17) is 0 Å². The van der Waals surface area contributed by atoms with E-state index in [1.165, 1.54) is 5.56 Å². The Morgan fingerprint density at radius 1 is 1.20 bits per heavy atom. The van der Waals surface area contributed by atoms with E-state index in [2.05, 4.69) is 56.5 Å². The van der Waals surface area contributed by atoms with E-state index in [0.29, 0.717) is 24.0 Å². The van der Waals surface area contributed by atoms with Gasteiger partial charge in [-0.2, -0.15) is 4.98 Å². The Morgan fingerprint density at radius 2 is 2.04 bits per heavy atom. The highest BCUT2D eigenvalue weighted by molar-refractivity contribution is 6.20. The first kappa shape index (κ1) is 15.1. The molecule has 0 bridgehead atoms. The van der Waals surface area contributed by atoms with E-state index in [9.17, 15) is 5.11 Å². The Labute approximate surface area is 145 Å². The summed E-state index contributed by atoms with van der Waals surface area (Å²) in [5.41, 5.74) is 4.72. The average molecular weight is 331 g/mol. The van der Waals surface area contributed by atoms with Gasteiger partial charge in [-0.3, -0.25) is 0 Å². The molecule has 3 N–H and O–H groups in total. The predicted molar refractivity (Wildman–Crippen MR) is 99.0 cm³/mol. The molecule has 0 spiro atoms. The van der Waals surface area contributed by atoms with Crippen LogP contribution in [-0.2, 0) is 6.54 Å². The van der Waals surface area contributed by atoms with Crippen molar-refractivity contribution in [1.82, 2.24) is 15.0 Å². The van der Waals surface area contributed by atoms with Gasteiger partial charge in [-0.1, -0.05) is 29.8 Å². The van der Waals surface area contributed by atoms with Crippen molar-refractivity contribution in [3.05, 3.63) is 65.0 Å². The fourth-order valence-electron chi connectivity index (χ4n) is 2.65. The van der Waals surface area contributed by atoms with Crippen LogP contribution in [0.25, 0.3) is 11.6 Å². The molecule has 0 aliphatic carbocycles. The zero-order chi connectivity index (χ0) is 17.2. The second kappa shape index (κ2) is 6.24. The van der Waals surface area contributed by atoms with Crippen LogP contribution >= 0.6 is 0 Å². The summed E-state index contributed by atoms with van der Waals surface area (Å²) in [5.74, 6) is 1.15. The lowest BCUT2D eigenvalue weighted by molar-refractivity contribution is 0.455. The molecule has 0 atom stereocenters. The number of anilines is 1. The molecule has 0 unspecified atom stereocenters. The van der Waals surface area contributed by atoms with Crippen molar-refractivity contribution < 1.29 is 5.11 Å². The molecular weight excluding hydrogens is 314 g/mol. The third-order valence-corrected chi connectivity index (χ3v) is 4.02. The van der Waals surface area contributed by atoms with Gasteiger partial charge in [-0.05, 0) is 30.7 Å². The number of hydrogen-bond donors (Lipinski definition) is 3. The van der Waals surface area contributed by atoms with Crippen molar-refractivity contribution in [2.45, 2.75) is 13.5 Å². The van der Waals surface area contributed by atoms with Crippen molar-refractivity contribution >= 4 is 29.6 Å². The first-order valence-electron chi connectivity index (χ1n) is 7.98. The highest BCUT2D eigenvalue weighted by Crippen LogP contribution is 2.31. The number of fused-ring (bicyclic) bond motifs is 1. The summed E-state index contributed by atoms with van der Waals surface area (Å²) in [4.78, 5) is 15.7. The largest absolute Gasteiger partial charge is 0.492 e. The van der Waals surface area contributed by atoms with Gasteiger partial charge in [0.2, 0.25) is 11.8 Å². The molecule has 124 valence electrons. The van der Waals surface area contributed by atoms with Crippen LogP contribution in [-0.4, -0.2) is 26.3 Å². The van der Waals surface area contributed by atoms with Crippen LogP contribution in [0.15, 0.2) is 47.6 Å². The topological polar surface area (TPSA) is 86.2 Å². The average Bonchev–Trinajstić information content (AvgIpc) is 3.19. The fraction of sp³-hybridized carbons (Fsp3) is 0.105. The van der Waals surface area contributed by atoms with Gasteiger partial charge in [0.15, 0.2) is 5.82 Å². The molecular formula is C19H17N5O. The van der Waals surface area contributed by atoms with Gasteiger partial charge in [0, 0.05) is 30.1 Å². The molecule has 0 saturated carbocycles. The zero-order valence-electron chi connectivity index (χ0n) is 13.7. The van der Waals surface area contributed by atoms with E-state index in [1.807, 2.05) is 18.2 Å². The molecule has 25 heavy (non-hydrogen) atoms. The van der Waals surface area contributed by atoms with Gasteiger partial charge >= 0.3 is 0 Å². The minimum absolute atomic E-state index is 0.0513. The minimum atomic E-state index is -0.0513. The number of pyridine rings is 1. The Morgan fingerprint density at radius 3 is 2.88 bits per heavy atom. The second-order valence-electron chi connectivity index (χ2n) is 5.89. The summed E-state index contributed by atoms with van der Waals surface area (Å²) in [6, 6.07) is 12.1. The number of hydrogen-bond acceptors (Lipinski definition) is 5. The summed E-state index contributed by atoms with van der Waals surface area (Å²) in [7, 11) is 0. The van der Waals surface area contributed by atoms with Crippen molar-refractivity contribution in [2.24, 2.45) is 4.99 Å². The van der Waals surface area contributed by atoms with Crippen LogP contribution in [0.4, 0.5) is 11.8 Å². The Bertz CT molecular complexity index is 970. The predicted octanol–water partition coefficient (Wildman–Crippen LogP) is 3.69. The van der Waals surface area contributed by atoms with Crippen LogP contribution in [0.5, 0.6) is 5.88 Å². The first-order valence-corrected chi connectivity index (χ1v) is 7.98. The number of aliphatic imine (C=N–C) groups is 1. The van der Waals surface area contributed by atoms with Gasteiger partial charge in [-0.25, -0.2) is 9.98 Å². The number of rotatable bonds is 4. The van der Waals surface area contributed by atoms with Crippen LogP contribution in [0, 0.1) is 6.92 Å². The SMILES string of the molecule is Cc1ccc(CNc2nc(O)c(/C=C3/C=Nc4ncccc43)[nH]2)cc1. The van der Waals surface area contributed by atoms with Crippen molar-refractivity contribution in [3.8, 4) is 5.88 Å². The van der Waals surface area contributed by atoms with Gasteiger partial charge in [0.25, 0.3) is 0 Å². The molecule has 6 nitrogen and oxygen atoms in total. The number of allylic oxidation sites excluding steroid dienone is 1. The number of H-pyrrole nitrogens is 1. The van der Waals surface area contributed by atoms with Crippen LogP contribution in [0.1, 0.15) is 22.4 Å². The normalized spacial score (nSPS) is 14.0. The lowest BCUT2D eigenvalue weighted by Gasteiger charge is -2.03. The standard InChI is InChI=1S/C19H17N5O/c1-12-4-6-13(7-5-12)10-22-19-23-16(18(25)24-19)9-14-11-21-17-15(14)3-2-8-20-17/h2-9,11,25H,10H2,1H3,(H2,22,23,24)/b14-9-. The molecule has 0 radical (unpaired) electrons. The quantitative estimate of drug-likeness (QED) is 0.680. The van der Waals surface area contributed by atoms with E-state index in [0.717, 1.165) is 16.7 Å². The zero-order valence-corrected chi connectivity index (χ0v) is 13.7. The number of aromatic hydroxyl groups is 1. The third-order valence-electron chi connectivity index (χ3n) is 4.02. The number of imidazole rings is 1. The number of aromatic nitrogens is 3. The Balaban J connectivity index is 1.52. The van der Waals surface area contributed by atoms with Gasteiger partial charge in [0.1, 0.15) is 5.69 Å². The van der Waals surface area contributed by atoms with Gasteiger partial charge in [-0.15, -0.1) is 0 Å². The first-order chi connectivity index (χ1) is 12.2. The van der Waals surface area contributed by atoms with Crippen LogP contribution in [0.3, 0.4) is 0 Å². The number of benzene rings is 1. The molecule has 1 aliphatic rings. The molecule has 3 heterocycles. The second-order valence-corrected chi connectivity index (χ2v) is 5.89. The summed E-state index contributed by atoms with van der Waals surface area (Å²) in [5, 5.41) is 13.3. The summed E-state index contributed by atoms with van der Waals surface area (Å²) < 4.78 is 0. The van der Waals surface area contributed by atoms with Crippen LogP contribution in [0.2, 0.25) is 0 Å². The molecule has 0 amide bonds. The number of aromatic amines is 1. The number of aryl methyl sites for hydroxylation is 1. The molecule has 1 aliphatic heterocycles. The van der Waals surface area contributed by atoms with E-state index in [1.54, 1.807) is 12.4 Å². The maximum absolute atomic E-state index is 10.1. The smallest absolute Gasteiger partial charge is 0.238 e. The molecule has 0 fully saturated rings. The number of nitrogens with zero attached hydrogens (tertiary/aromatic N) is 3. The Kier molecular flexibility index (Phi) is 3.78. The highest BCUT2D eigenvalue weighted by atomic mass is 16.3. The monoisotopic (exact) mass is 331 g/mol. The van der Waals surface area contributed by atoms with Crippen molar-refractivity contribution in [3.63, 3.8) is 0 Å². The maximum atomic E-state index is 10.1. The molecule has 4 rings (SSSR count). The summed E-state index contributed by atoms with van der Waals surface area (Å²) in [6.45, 7) is 2.68. The molecule has 1 aromatic carbocycles. The summed E-state index contributed by atoms with van der Waals surface area (Å²) >= 11 is 0.